The highest BCUT2D eigenvalue weighted by Gasteiger charge is 2.22. The SMILES string of the molecule is Cc1ccccc1-n1c(C)nnc1SCC(=O)N1CCN(Cc2cccs2)CC1. The highest BCUT2D eigenvalue weighted by atomic mass is 32.2. The minimum Gasteiger partial charge on any atom is -0.339 e. The Labute approximate surface area is 179 Å². The molecular weight excluding hydrogens is 402 g/mol. The van der Waals surface area contributed by atoms with Crippen molar-refractivity contribution in [3.8, 4) is 5.69 Å². The summed E-state index contributed by atoms with van der Waals surface area (Å²) in [6.45, 7) is 8.41. The number of thioether (sulfide) groups is 1. The van der Waals surface area contributed by atoms with Crippen molar-refractivity contribution in [2.75, 3.05) is 31.9 Å². The molecule has 4 rings (SSSR count). The van der Waals surface area contributed by atoms with Gasteiger partial charge >= 0.3 is 0 Å². The van der Waals surface area contributed by atoms with Gasteiger partial charge in [-0.3, -0.25) is 14.3 Å². The number of nitrogens with zero attached hydrogens (tertiary/aromatic N) is 5. The largest absolute Gasteiger partial charge is 0.339 e. The molecule has 0 atom stereocenters. The maximum absolute atomic E-state index is 12.7. The van der Waals surface area contributed by atoms with Crippen molar-refractivity contribution in [2.45, 2.75) is 25.5 Å². The second-order valence-corrected chi connectivity index (χ2v) is 9.15. The van der Waals surface area contributed by atoms with Crippen LogP contribution in [-0.4, -0.2) is 62.4 Å². The maximum Gasteiger partial charge on any atom is 0.233 e. The van der Waals surface area contributed by atoms with Crippen LogP contribution in [0.5, 0.6) is 0 Å². The van der Waals surface area contributed by atoms with Crippen LogP contribution in [0.2, 0.25) is 0 Å². The number of aryl methyl sites for hydroxylation is 2. The van der Waals surface area contributed by atoms with Crippen LogP contribution >= 0.6 is 23.1 Å². The van der Waals surface area contributed by atoms with E-state index in [4.69, 9.17) is 0 Å². The number of benzene rings is 1. The summed E-state index contributed by atoms with van der Waals surface area (Å²) in [6.07, 6.45) is 0. The molecule has 0 unspecified atom stereocenters. The van der Waals surface area contributed by atoms with E-state index in [1.165, 1.54) is 16.6 Å². The number of carbonyl (C=O) groups excluding carboxylic acids is 1. The summed E-state index contributed by atoms with van der Waals surface area (Å²) in [5.74, 6) is 1.38. The second-order valence-electron chi connectivity index (χ2n) is 7.18. The van der Waals surface area contributed by atoms with Crippen molar-refractivity contribution in [3.05, 3.63) is 58.0 Å². The van der Waals surface area contributed by atoms with Gasteiger partial charge in [0.2, 0.25) is 5.91 Å². The monoisotopic (exact) mass is 427 g/mol. The minimum atomic E-state index is 0.169. The lowest BCUT2D eigenvalue weighted by Crippen LogP contribution is -2.48. The molecule has 8 heteroatoms. The predicted octanol–water partition coefficient (Wildman–Crippen LogP) is 3.38. The molecule has 1 aromatic carbocycles. The van der Waals surface area contributed by atoms with Crippen molar-refractivity contribution in [2.24, 2.45) is 0 Å². The van der Waals surface area contributed by atoms with E-state index >= 15 is 0 Å². The van der Waals surface area contributed by atoms with Crippen molar-refractivity contribution < 1.29 is 4.79 Å². The number of carbonyl (C=O) groups is 1. The van der Waals surface area contributed by atoms with Gasteiger partial charge in [0, 0.05) is 37.6 Å². The van der Waals surface area contributed by atoms with Crippen LogP contribution in [0.25, 0.3) is 5.69 Å². The Morgan fingerprint density at radius 2 is 1.86 bits per heavy atom. The summed E-state index contributed by atoms with van der Waals surface area (Å²) in [4.78, 5) is 18.5. The molecule has 0 bridgehead atoms. The highest BCUT2D eigenvalue weighted by Crippen LogP contribution is 2.24. The first kappa shape index (κ1) is 20.1. The molecule has 1 fully saturated rings. The van der Waals surface area contributed by atoms with Gasteiger partial charge in [-0.25, -0.2) is 0 Å². The first-order valence-corrected chi connectivity index (χ1v) is 11.6. The normalized spacial score (nSPS) is 15.0. The van der Waals surface area contributed by atoms with Gasteiger partial charge in [0.25, 0.3) is 0 Å². The molecule has 2 aromatic heterocycles. The van der Waals surface area contributed by atoms with Crippen LogP contribution in [0, 0.1) is 13.8 Å². The Hall–Kier alpha value is -2.16. The molecule has 1 saturated heterocycles. The fourth-order valence-corrected chi connectivity index (χ4v) is 5.16. The van der Waals surface area contributed by atoms with E-state index in [0.29, 0.717) is 5.75 Å². The fourth-order valence-electron chi connectivity index (χ4n) is 3.52. The third-order valence-electron chi connectivity index (χ3n) is 5.16. The third-order valence-corrected chi connectivity index (χ3v) is 6.94. The molecule has 0 N–H and O–H groups in total. The molecule has 0 saturated carbocycles. The smallest absolute Gasteiger partial charge is 0.233 e. The maximum atomic E-state index is 12.7. The van der Waals surface area contributed by atoms with Crippen LogP contribution in [-0.2, 0) is 11.3 Å². The number of aromatic nitrogens is 3. The van der Waals surface area contributed by atoms with Gasteiger partial charge in [0.15, 0.2) is 5.16 Å². The lowest BCUT2D eigenvalue weighted by atomic mass is 10.2. The second kappa shape index (κ2) is 9.11. The van der Waals surface area contributed by atoms with Gasteiger partial charge in [0.05, 0.1) is 11.4 Å². The Bertz CT molecular complexity index is 961. The topological polar surface area (TPSA) is 54.3 Å². The lowest BCUT2D eigenvalue weighted by Gasteiger charge is -2.34. The van der Waals surface area contributed by atoms with Crippen LogP contribution in [0.3, 0.4) is 0 Å². The average Bonchev–Trinajstić information content (AvgIpc) is 3.37. The van der Waals surface area contributed by atoms with Crippen LogP contribution in [0.15, 0.2) is 46.9 Å². The quantitative estimate of drug-likeness (QED) is 0.565. The van der Waals surface area contributed by atoms with E-state index in [-0.39, 0.29) is 5.91 Å². The molecule has 3 aromatic rings. The number of hydrogen-bond donors (Lipinski definition) is 0. The summed E-state index contributed by atoms with van der Waals surface area (Å²) in [7, 11) is 0. The number of piperazine rings is 1. The van der Waals surface area contributed by atoms with Gasteiger partial charge in [-0.1, -0.05) is 36.0 Å². The molecule has 0 radical (unpaired) electrons. The van der Waals surface area contributed by atoms with Gasteiger partial charge in [0.1, 0.15) is 5.82 Å². The molecule has 6 nitrogen and oxygen atoms in total. The Morgan fingerprint density at radius 3 is 2.59 bits per heavy atom. The van der Waals surface area contributed by atoms with Gasteiger partial charge in [-0.05, 0) is 36.9 Å². The minimum absolute atomic E-state index is 0.169. The van der Waals surface area contributed by atoms with Crippen molar-refractivity contribution in [3.63, 3.8) is 0 Å². The summed E-state index contributed by atoms with van der Waals surface area (Å²) in [5, 5.41) is 11.4. The predicted molar refractivity (Wildman–Crippen MR) is 118 cm³/mol. The first-order chi connectivity index (χ1) is 14.1. The molecule has 3 heterocycles. The van der Waals surface area contributed by atoms with Crippen LogP contribution in [0.1, 0.15) is 16.3 Å². The molecule has 0 spiro atoms. The number of amides is 1. The van der Waals surface area contributed by atoms with E-state index in [2.05, 4.69) is 51.7 Å². The van der Waals surface area contributed by atoms with E-state index in [0.717, 1.165) is 55.0 Å². The Morgan fingerprint density at radius 1 is 1.07 bits per heavy atom. The number of rotatable bonds is 6. The van der Waals surface area contributed by atoms with Crippen LogP contribution in [0.4, 0.5) is 0 Å². The third kappa shape index (κ3) is 4.71. The van der Waals surface area contributed by atoms with Crippen molar-refractivity contribution in [1.82, 2.24) is 24.6 Å². The van der Waals surface area contributed by atoms with Crippen LogP contribution < -0.4 is 0 Å². The van der Waals surface area contributed by atoms with E-state index < -0.39 is 0 Å². The zero-order valence-electron chi connectivity index (χ0n) is 16.7. The molecule has 1 aliphatic heterocycles. The number of thiophene rings is 1. The summed E-state index contributed by atoms with van der Waals surface area (Å²) >= 11 is 3.26. The molecule has 0 aliphatic carbocycles. The molecule has 29 heavy (non-hydrogen) atoms. The van der Waals surface area contributed by atoms with Crippen molar-refractivity contribution in [1.29, 1.82) is 0 Å². The summed E-state index contributed by atoms with van der Waals surface area (Å²) in [5.41, 5.74) is 2.22. The fraction of sp³-hybridized carbons (Fsp3) is 0.381. The van der Waals surface area contributed by atoms with Crippen molar-refractivity contribution >= 4 is 29.0 Å². The average molecular weight is 428 g/mol. The van der Waals surface area contributed by atoms with Gasteiger partial charge < -0.3 is 4.90 Å². The zero-order chi connectivity index (χ0) is 20.2. The summed E-state index contributed by atoms with van der Waals surface area (Å²) in [6, 6.07) is 12.4. The highest BCUT2D eigenvalue weighted by molar-refractivity contribution is 7.99. The van der Waals surface area contributed by atoms with E-state index in [1.54, 1.807) is 11.3 Å². The molecule has 152 valence electrons. The number of hydrogen-bond acceptors (Lipinski definition) is 6. The van der Waals surface area contributed by atoms with E-state index in [9.17, 15) is 4.79 Å². The molecule has 1 amide bonds. The number of para-hydroxylation sites is 1. The van der Waals surface area contributed by atoms with E-state index in [1.807, 2.05) is 28.5 Å². The zero-order valence-corrected chi connectivity index (χ0v) is 18.4. The Kier molecular flexibility index (Phi) is 6.32. The van der Waals surface area contributed by atoms with Gasteiger partial charge in [-0.2, -0.15) is 0 Å². The first-order valence-electron chi connectivity index (χ1n) is 9.75. The molecule has 1 aliphatic rings. The Balaban J connectivity index is 1.33. The standard InChI is InChI=1S/C21H25N5OS2/c1-16-6-3-4-8-19(16)26-17(2)22-23-21(26)29-15-20(27)25-11-9-24(10-12-25)14-18-7-5-13-28-18/h3-8,13H,9-12,14-15H2,1-2H3. The lowest BCUT2D eigenvalue weighted by molar-refractivity contribution is -0.130. The molecular formula is C21H25N5OS2. The summed E-state index contributed by atoms with van der Waals surface area (Å²) < 4.78 is 2.03. The van der Waals surface area contributed by atoms with Gasteiger partial charge in [-0.15, -0.1) is 21.5 Å².